The average molecular weight is 694 g/mol. The average Bonchev–Trinajstić information content (AvgIpc) is 4.00. The van der Waals surface area contributed by atoms with Crippen LogP contribution in [0.2, 0.25) is 0 Å². The summed E-state index contributed by atoms with van der Waals surface area (Å²) in [6, 6.07) is 5.48. The van der Waals surface area contributed by atoms with Crippen LogP contribution < -0.4 is 10.6 Å². The zero-order valence-corrected chi connectivity index (χ0v) is 28.3. The van der Waals surface area contributed by atoms with Crippen LogP contribution in [0.25, 0.3) is 6.08 Å². The molecule has 4 aliphatic carbocycles. The second kappa shape index (κ2) is 12.4. The van der Waals surface area contributed by atoms with E-state index < -0.39 is 71.6 Å². The molecule has 9 rings (SSSR count). The molecule has 11 unspecified atom stereocenters. The summed E-state index contributed by atoms with van der Waals surface area (Å²) >= 11 is 0. The predicted molar refractivity (Wildman–Crippen MR) is 174 cm³/mol. The molecule has 0 spiro atoms. The number of benzene rings is 1. The highest BCUT2D eigenvalue weighted by atomic mass is 16.8. The largest absolute Gasteiger partial charge is 0.458 e. The smallest absolute Gasteiger partial charge is 0.327 e. The van der Waals surface area contributed by atoms with Gasteiger partial charge in [-0.3, -0.25) is 19.2 Å². The van der Waals surface area contributed by atoms with Crippen molar-refractivity contribution in [1.82, 2.24) is 15.7 Å². The first-order valence-corrected chi connectivity index (χ1v) is 18.5. The molecule has 4 aliphatic heterocycles. The SMILES string of the molecule is CC(O)C(NC(=O)C12CC3OC(=O)C1N(Cc1ccccc1C=CC1CCC4OC4C1)OC2C1OC(C2CC2)(C2CC2)OC31)C(=O)NCCO. The summed E-state index contributed by atoms with van der Waals surface area (Å²) in [4.78, 5) is 48.7. The maximum Gasteiger partial charge on any atom is 0.327 e. The minimum atomic E-state index is -1.49. The molecular formula is C37H47N3O10. The van der Waals surface area contributed by atoms with Crippen LogP contribution in [-0.2, 0) is 44.7 Å². The van der Waals surface area contributed by atoms with Crippen LogP contribution in [-0.4, -0.2) is 107 Å². The predicted octanol–water partition coefficient (Wildman–Crippen LogP) is 1.34. The molecule has 4 heterocycles. The molecule has 270 valence electrons. The van der Waals surface area contributed by atoms with Crippen molar-refractivity contribution in [2.45, 2.75) is 125 Å². The summed E-state index contributed by atoms with van der Waals surface area (Å²) < 4.78 is 25.6. The Morgan fingerprint density at radius 1 is 1.04 bits per heavy atom. The van der Waals surface area contributed by atoms with Gasteiger partial charge in [0.05, 0.1) is 31.5 Å². The Balaban J connectivity index is 1.05. The molecule has 4 N–H and O–H groups in total. The fourth-order valence-electron chi connectivity index (χ4n) is 9.49. The Morgan fingerprint density at radius 2 is 1.80 bits per heavy atom. The topological polar surface area (TPSA) is 168 Å². The molecule has 4 saturated carbocycles. The number of hydroxylamine groups is 2. The van der Waals surface area contributed by atoms with Gasteiger partial charge in [-0.05, 0) is 68.9 Å². The van der Waals surface area contributed by atoms with Crippen LogP contribution in [0.15, 0.2) is 30.3 Å². The van der Waals surface area contributed by atoms with Gasteiger partial charge in [-0.1, -0.05) is 36.4 Å². The van der Waals surface area contributed by atoms with Crippen molar-refractivity contribution in [2.24, 2.45) is 23.2 Å². The first-order chi connectivity index (χ1) is 24.2. The molecule has 8 fully saturated rings. The maximum atomic E-state index is 14.8. The van der Waals surface area contributed by atoms with E-state index in [1.807, 2.05) is 24.3 Å². The van der Waals surface area contributed by atoms with Crippen molar-refractivity contribution in [1.29, 1.82) is 0 Å². The third-order valence-corrected chi connectivity index (χ3v) is 12.3. The summed E-state index contributed by atoms with van der Waals surface area (Å²) in [5, 5.41) is 26.8. The second-order valence-electron chi connectivity index (χ2n) is 15.7. The van der Waals surface area contributed by atoms with Gasteiger partial charge in [-0.15, -0.1) is 0 Å². The van der Waals surface area contributed by atoms with E-state index in [2.05, 4.69) is 22.8 Å². The van der Waals surface area contributed by atoms with Crippen LogP contribution in [0.4, 0.5) is 0 Å². The van der Waals surface area contributed by atoms with Gasteiger partial charge in [-0.2, -0.15) is 5.06 Å². The van der Waals surface area contributed by atoms with Crippen molar-refractivity contribution < 1.29 is 48.4 Å². The van der Waals surface area contributed by atoms with Crippen LogP contribution in [0, 0.1) is 23.2 Å². The number of esters is 1. The molecule has 2 bridgehead atoms. The number of hydrogen-bond acceptors (Lipinski definition) is 11. The Hall–Kier alpha value is -2.91. The molecule has 8 aliphatic rings. The van der Waals surface area contributed by atoms with E-state index in [1.165, 1.54) is 6.92 Å². The van der Waals surface area contributed by atoms with Crippen LogP contribution >= 0.6 is 0 Å². The lowest BCUT2D eigenvalue weighted by atomic mass is 9.62. The van der Waals surface area contributed by atoms with Crippen molar-refractivity contribution in [3.63, 3.8) is 0 Å². The summed E-state index contributed by atoms with van der Waals surface area (Å²) in [5.41, 5.74) is 0.408. The Kier molecular flexibility index (Phi) is 8.14. The zero-order valence-electron chi connectivity index (χ0n) is 28.3. The highest BCUT2D eigenvalue weighted by Gasteiger charge is 2.78. The monoisotopic (exact) mass is 693 g/mol. The van der Waals surface area contributed by atoms with Gasteiger partial charge < -0.3 is 39.8 Å². The Morgan fingerprint density at radius 3 is 2.52 bits per heavy atom. The normalized spacial score (nSPS) is 39.3. The van der Waals surface area contributed by atoms with Gasteiger partial charge in [-0.25, -0.2) is 0 Å². The maximum absolute atomic E-state index is 14.8. The standard InChI is InChI=1S/C37H47N3O10/c1-19(42)28(33(43)38-14-15-41)39-35(45)36-17-27-29-30(49-37(48-29,23-9-10-23)24-11-12-24)32(36)50-40(31(36)34(44)47-27)18-22-5-3-2-4-21(22)8-6-20-7-13-25-26(16-20)46-25/h2-6,8,19-20,23-32,41-42H,7,9-18H2,1H3,(H,38,43)(H,39,45). The number of nitrogens with zero attached hydrogens (tertiary/aromatic N) is 1. The third kappa shape index (κ3) is 5.43. The number of epoxide rings is 1. The van der Waals surface area contributed by atoms with Crippen molar-refractivity contribution in [2.75, 3.05) is 13.2 Å². The number of carbonyl (C=O) groups is 3. The van der Waals surface area contributed by atoms with Gasteiger partial charge in [0, 0.05) is 24.8 Å². The molecule has 11 atom stereocenters. The van der Waals surface area contributed by atoms with Crippen molar-refractivity contribution >= 4 is 23.9 Å². The molecular weight excluding hydrogens is 646 g/mol. The molecule has 13 heteroatoms. The summed E-state index contributed by atoms with van der Waals surface area (Å²) in [6.45, 7) is 1.27. The lowest BCUT2D eigenvalue weighted by Crippen LogP contribution is -2.71. The number of amides is 2. The van der Waals surface area contributed by atoms with Crippen LogP contribution in [0.5, 0.6) is 0 Å². The minimum absolute atomic E-state index is 0.0393. The zero-order chi connectivity index (χ0) is 34.4. The number of nitrogens with one attached hydrogen (secondary N) is 2. The molecule has 13 nitrogen and oxygen atoms in total. The molecule has 1 aromatic carbocycles. The van der Waals surface area contributed by atoms with Gasteiger partial charge >= 0.3 is 5.97 Å². The van der Waals surface area contributed by atoms with E-state index in [0.717, 1.165) is 56.1 Å². The first kappa shape index (κ1) is 33.0. The molecule has 4 saturated heterocycles. The number of carbonyl (C=O) groups excluding carboxylic acids is 3. The highest BCUT2D eigenvalue weighted by molar-refractivity contribution is 5.96. The fraction of sp³-hybridized carbons (Fsp3) is 0.703. The lowest BCUT2D eigenvalue weighted by molar-refractivity contribution is -0.235. The van der Waals surface area contributed by atoms with Crippen LogP contribution in [0.1, 0.15) is 69.4 Å². The van der Waals surface area contributed by atoms with E-state index in [4.69, 9.17) is 23.8 Å². The number of rotatable bonds is 12. The Bertz CT molecular complexity index is 1550. The lowest BCUT2D eigenvalue weighted by Gasteiger charge is -2.49. The highest BCUT2D eigenvalue weighted by Crippen LogP contribution is 2.64. The van der Waals surface area contributed by atoms with E-state index >= 15 is 0 Å². The Labute approximate surface area is 290 Å². The number of ether oxygens (including phenoxy) is 4. The van der Waals surface area contributed by atoms with Crippen molar-refractivity contribution in [3.05, 3.63) is 41.5 Å². The van der Waals surface area contributed by atoms with Gasteiger partial charge in [0.1, 0.15) is 35.9 Å². The number of allylic oxidation sites excluding steroid dienone is 1. The van der Waals surface area contributed by atoms with Crippen molar-refractivity contribution in [3.8, 4) is 0 Å². The van der Waals surface area contributed by atoms with Gasteiger partial charge in [0.15, 0.2) is 11.8 Å². The number of fused-ring (bicyclic) bond motifs is 5. The summed E-state index contributed by atoms with van der Waals surface area (Å²) in [7, 11) is 0. The third-order valence-electron chi connectivity index (χ3n) is 12.3. The van der Waals surface area contributed by atoms with Crippen LogP contribution in [0.3, 0.4) is 0 Å². The van der Waals surface area contributed by atoms with E-state index in [1.54, 1.807) is 5.06 Å². The molecule has 0 aromatic heterocycles. The van der Waals surface area contributed by atoms with E-state index in [0.29, 0.717) is 18.1 Å². The number of aliphatic hydroxyl groups excluding tert-OH is 2. The quantitative estimate of drug-likeness (QED) is 0.184. The fourth-order valence-corrected chi connectivity index (χ4v) is 9.49. The number of hydrogen-bond donors (Lipinski definition) is 4. The number of aliphatic hydroxyl groups is 2. The summed E-state index contributed by atoms with van der Waals surface area (Å²) in [6.07, 6.45) is 8.24. The molecule has 0 radical (unpaired) electrons. The first-order valence-electron chi connectivity index (χ1n) is 18.5. The van der Waals surface area contributed by atoms with Gasteiger partial charge in [0.25, 0.3) is 0 Å². The van der Waals surface area contributed by atoms with E-state index in [-0.39, 0.29) is 38.0 Å². The molecule has 2 amide bonds. The molecule has 1 aromatic rings. The van der Waals surface area contributed by atoms with E-state index in [9.17, 15) is 24.6 Å². The molecule has 50 heavy (non-hydrogen) atoms. The second-order valence-corrected chi connectivity index (χ2v) is 15.7. The van der Waals surface area contributed by atoms with Gasteiger partial charge in [0.2, 0.25) is 11.8 Å². The minimum Gasteiger partial charge on any atom is -0.458 e. The summed E-state index contributed by atoms with van der Waals surface area (Å²) in [5.74, 6) is -1.71.